The van der Waals surface area contributed by atoms with Crippen molar-refractivity contribution in [1.29, 1.82) is 0 Å². The molecule has 0 spiro atoms. The van der Waals surface area contributed by atoms with Crippen molar-refractivity contribution >= 4 is 39.1 Å². The van der Waals surface area contributed by atoms with Crippen molar-refractivity contribution in [1.82, 2.24) is 0 Å². The molecule has 0 N–H and O–H groups in total. The topological polar surface area (TPSA) is 9.23 Å². The molecule has 0 saturated heterocycles. The molecule has 0 bridgehead atoms. The van der Waals surface area contributed by atoms with Gasteiger partial charge < -0.3 is 4.74 Å². The first-order valence-corrected chi connectivity index (χ1v) is 7.54. The third-order valence-electron chi connectivity index (χ3n) is 3.27. The fourth-order valence-electron chi connectivity index (χ4n) is 2.21. The normalized spacial score (nSPS) is 15.3. The smallest absolute Gasteiger partial charge is 0.0836 e. The molecule has 0 aliphatic carbocycles. The summed E-state index contributed by atoms with van der Waals surface area (Å²) in [6, 6.07) is 12.1. The van der Waals surface area contributed by atoms with Crippen molar-refractivity contribution in [3.05, 3.63) is 68.1 Å². The maximum Gasteiger partial charge on any atom is 0.0836 e. The van der Waals surface area contributed by atoms with Crippen LogP contribution in [0.3, 0.4) is 0 Å². The van der Waals surface area contributed by atoms with Crippen LogP contribution in [0.1, 0.15) is 27.6 Å². The van der Waals surface area contributed by atoms with E-state index in [1.54, 1.807) is 0 Å². The summed E-state index contributed by atoms with van der Waals surface area (Å²) in [6.07, 6.45) is 0. The predicted molar refractivity (Wildman–Crippen MR) is 81.8 cm³/mol. The van der Waals surface area contributed by atoms with Gasteiger partial charge in [0.15, 0.2) is 0 Å². The van der Waals surface area contributed by atoms with E-state index in [9.17, 15) is 0 Å². The minimum Gasteiger partial charge on any atom is -0.372 e. The summed E-state index contributed by atoms with van der Waals surface area (Å²) >= 11 is 16.0. The van der Waals surface area contributed by atoms with E-state index < -0.39 is 0 Å². The highest BCUT2D eigenvalue weighted by molar-refractivity contribution is 9.10. The molecule has 0 radical (unpaired) electrons. The lowest BCUT2D eigenvalue weighted by molar-refractivity contribution is 0.134. The highest BCUT2D eigenvalue weighted by Crippen LogP contribution is 2.34. The van der Waals surface area contributed by atoms with Crippen LogP contribution in [-0.4, -0.2) is 0 Å². The SMILES string of the molecule is Clc1cc(C(Cl)c2ccc3c(c2)COC3)ccc1Br. The zero-order valence-electron chi connectivity index (χ0n) is 10.00. The molecular formula is C15H11BrCl2O. The molecule has 0 amide bonds. The number of hydrogen-bond acceptors (Lipinski definition) is 1. The van der Waals surface area contributed by atoms with Crippen LogP contribution in [0.25, 0.3) is 0 Å². The van der Waals surface area contributed by atoms with E-state index >= 15 is 0 Å². The Morgan fingerprint density at radius 1 is 1.00 bits per heavy atom. The zero-order chi connectivity index (χ0) is 13.4. The Kier molecular flexibility index (Phi) is 3.86. The van der Waals surface area contributed by atoms with Gasteiger partial charge in [0, 0.05) is 4.47 Å². The minimum absolute atomic E-state index is 0.198. The Morgan fingerprint density at radius 2 is 1.68 bits per heavy atom. The van der Waals surface area contributed by atoms with E-state index in [2.05, 4.69) is 34.1 Å². The Balaban J connectivity index is 1.94. The molecule has 3 rings (SSSR count). The first-order valence-electron chi connectivity index (χ1n) is 5.93. The number of ether oxygens (including phenoxy) is 1. The minimum atomic E-state index is -0.198. The van der Waals surface area contributed by atoms with Crippen LogP contribution in [0.2, 0.25) is 5.02 Å². The van der Waals surface area contributed by atoms with Crippen LogP contribution in [0.5, 0.6) is 0 Å². The molecular weight excluding hydrogens is 347 g/mol. The molecule has 1 aliphatic heterocycles. The number of rotatable bonds is 2. The van der Waals surface area contributed by atoms with Crippen LogP contribution in [0.4, 0.5) is 0 Å². The molecule has 19 heavy (non-hydrogen) atoms. The van der Waals surface area contributed by atoms with Crippen molar-refractivity contribution in [2.75, 3.05) is 0 Å². The number of benzene rings is 2. The number of alkyl halides is 1. The van der Waals surface area contributed by atoms with Gasteiger partial charge in [-0.25, -0.2) is 0 Å². The lowest BCUT2D eigenvalue weighted by atomic mass is 10.00. The summed E-state index contributed by atoms with van der Waals surface area (Å²) in [5, 5.41) is 0.476. The Hall–Kier alpha value is -0.540. The molecule has 2 aromatic carbocycles. The van der Waals surface area contributed by atoms with Gasteiger partial charge in [-0.2, -0.15) is 0 Å². The molecule has 1 heterocycles. The fraction of sp³-hybridized carbons (Fsp3) is 0.200. The van der Waals surface area contributed by atoms with E-state index in [1.807, 2.05) is 18.2 Å². The summed E-state index contributed by atoms with van der Waals surface area (Å²) in [7, 11) is 0. The van der Waals surface area contributed by atoms with Gasteiger partial charge in [0.1, 0.15) is 0 Å². The molecule has 98 valence electrons. The van der Waals surface area contributed by atoms with Crippen molar-refractivity contribution < 1.29 is 4.74 Å². The van der Waals surface area contributed by atoms with Crippen LogP contribution in [0, 0.1) is 0 Å². The second kappa shape index (κ2) is 5.45. The highest BCUT2D eigenvalue weighted by atomic mass is 79.9. The fourth-order valence-corrected chi connectivity index (χ4v) is 2.92. The van der Waals surface area contributed by atoms with Crippen molar-refractivity contribution in [3.8, 4) is 0 Å². The molecule has 1 aliphatic rings. The van der Waals surface area contributed by atoms with Gasteiger partial charge in [0.05, 0.1) is 23.6 Å². The molecule has 0 saturated carbocycles. The average Bonchev–Trinajstić information content (AvgIpc) is 2.88. The molecule has 0 aromatic heterocycles. The monoisotopic (exact) mass is 356 g/mol. The molecule has 1 nitrogen and oxygen atoms in total. The lowest BCUT2D eigenvalue weighted by Gasteiger charge is -2.12. The highest BCUT2D eigenvalue weighted by Gasteiger charge is 2.16. The van der Waals surface area contributed by atoms with Crippen molar-refractivity contribution in [2.24, 2.45) is 0 Å². The van der Waals surface area contributed by atoms with Gasteiger partial charge in [0.25, 0.3) is 0 Å². The van der Waals surface area contributed by atoms with Crippen LogP contribution >= 0.6 is 39.1 Å². The second-order valence-corrected chi connectivity index (χ2v) is 6.26. The Morgan fingerprint density at radius 3 is 2.47 bits per heavy atom. The van der Waals surface area contributed by atoms with Crippen LogP contribution < -0.4 is 0 Å². The maximum absolute atomic E-state index is 6.54. The van der Waals surface area contributed by atoms with Crippen LogP contribution in [0.15, 0.2) is 40.9 Å². The quantitative estimate of drug-likeness (QED) is 0.648. The van der Waals surface area contributed by atoms with Gasteiger partial charge in [-0.1, -0.05) is 35.9 Å². The Bertz CT molecular complexity index is 628. The first-order chi connectivity index (χ1) is 9.15. The molecule has 1 atom stereocenters. The first kappa shape index (κ1) is 13.4. The van der Waals surface area contributed by atoms with Gasteiger partial charge >= 0.3 is 0 Å². The molecule has 0 fully saturated rings. The predicted octanol–water partition coefficient (Wildman–Crippen LogP) is 5.46. The van der Waals surface area contributed by atoms with Crippen molar-refractivity contribution in [3.63, 3.8) is 0 Å². The summed E-state index contributed by atoms with van der Waals surface area (Å²) in [5.41, 5.74) is 4.55. The Labute approximate surface area is 130 Å². The van der Waals surface area contributed by atoms with Gasteiger partial charge in [-0.05, 0) is 50.3 Å². The maximum atomic E-state index is 6.54. The van der Waals surface area contributed by atoms with E-state index in [4.69, 9.17) is 27.9 Å². The third-order valence-corrected chi connectivity index (χ3v) is 5.01. The average molecular weight is 358 g/mol. The van der Waals surface area contributed by atoms with E-state index in [-0.39, 0.29) is 5.38 Å². The van der Waals surface area contributed by atoms with E-state index in [1.165, 1.54) is 11.1 Å². The second-order valence-electron chi connectivity index (χ2n) is 4.56. The zero-order valence-corrected chi connectivity index (χ0v) is 13.1. The van der Waals surface area contributed by atoms with Gasteiger partial charge in [-0.3, -0.25) is 0 Å². The standard InChI is InChI=1S/C15H11BrCl2O/c16-13-4-3-10(6-14(13)17)15(18)9-1-2-11-7-19-8-12(11)5-9/h1-6,15H,7-8H2. The van der Waals surface area contributed by atoms with Gasteiger partial charge in [0.2, 0.25) is 0 Å². The summed E-state index contributed by atoms with van der Waals surface area (Å²) in [5.74, 6) is 0. The van der Waals surface area contributed by atoms with Crippen molar-refractivity contribution in [2.45, 2.75) is 18.6 Å². The van der Waals surface area contributed by atoms with Gasteiger partial charge in [-0.15, -0.1) is 11.6 Å². The van der Waals surface area contributed by atoms with Crippen LogP contribution in [-0.2, 0) is 18.0 Å². The number of fused-ring (bicyclic) bond motifs is 1. The largest absolute Gasteiger partial charge is 0.372 e. The summed E-state index contributed by atoms with van der Waals surface area (Å²) in [4.78, 5) is 0. The van der Waals surface area contributed by atoms with E-state index in [0.29, 0.717) is 18.2 Å². The summed E-state index contributed by atoms with van der Waals surface area (Å²) in [6.45, 7) is 1.38. The summed E-state index contributed by atoms with van der Waals surface area (Å²) < 4.78 is 6.30. The van der Waals surface area contributed by atoms with E-state index in [0.717, 1.165) is 15.6 Å². The number of hydrogen-bond donors (Lipinski definition) is 0. The molecule has 2 aromatic rings. The lowest BCUT2D eigenvalue weighted by Crippen LogP contribution is -1.95. The third kappa shape index (κ3) is 2.68. The molecule has 4 heteroatoms. The molecule has 1 unspecified atom stereocenters. The number of halogens is 3.